The highest BCUT2D eigenvalue weighted by Crippen LogP contribution is 2.47. The number of pyridine rings is 1. The van der Waals surface area contributed by atoms with Gasteiger partial charge in [0.05, 0.1) is 57.8 Å². The zero-order valence-electron chi connectivity index (χ0n) is 26.3. The molecule has 1 fully saturated rings. The molecule has 0 radical (unpaired) electrons. The average Bonchev–Trinajstić information content (AvgIpc) is 3.37. The lowest BCUT2D eigenvalue weighted by Gasteiger charge is -2.44. The fourth-order valence-corrected chi connectivity index (χ4v) is 7.74. The Morgan fingerprint density at radius 2 is 1.89 bits per heavy atom. The van der Waals surface area contributed by atoms with E-state index in [0.29, 0.717) is 24.0 Å². The predicted molar refractivity (Wildman–Crippen MR) is 171 cm³/mol. The van der Waals surface area contributed by atoms with E-state index >= 15 is 8.78 Å². The highest BCUT2D eigenvalue weighted by Gasteiger charge is 2.45. The van der Waals surface area contributed by atoms with E-state index in [1.165, 1.54) is 4.90 Å². The quantitative estimate of drug-likeness (QED) is 0.352. The molecule has 44 heavy (non-hydrogen) atoms. The number of aliphatic imine (C=N–C) groups is 1. The molecular weight excluding hydrogens is 586 g/mol. The second-order valence-corrected chi connectivity index (χ2v) is 14.3. The molecule has 2 unspecified atom stereocenters. The van der Waals surface area contributed by atoms with Crippen LogP contribution in [0.3, 0.4) is 0 Å². The molecule has 1 aromatic carbocycles. The van der Waals surface area contributed by atoms with E-state index in [1.807, 2.05) is 12.3 Å². The fourth-order valence-electron chi connectivity index (χ4n) is 6.61. The molecule has 0 saturated carbocycles. The van der Waals surface area contributed by atoms with Crippen molar-refractivity contribution in [2.75, 3.05) is 56.7 Å². The minimum Gasteiger partial charge on any atom is -0.495 e. The Morgan fingerprint density at radius 1 is 1.16 bits per heavy atom. The Kier molecular flexibility index (Phi) is 9.04. The number of methoxy groups -OCH3 is 1. The first-order valence-corrected chi connectivity index (χ1v) is 16.9. The Hall–Kier alpha value is -3.51. The number of rotatable bonds is 10. The molecule has 0 amide bonds. The minimum absolute atomic E-state index is 0.0308. The summed E-state index contributed by atoms with van der Waals surface area (Å²) in [6.45, 7) is 6.00. The monoisotopic (exact) mass is 629 g/mol. The Morgan fingerprint density at radius 3 is 2.55 bits per heavy atom. The van der Waals surface area contributed by atoms with Gasteiger partial charge in [-0.15, -0.1) is 0 Å². The van der Waals surface area contributed by atoms with Gasteiger partial charge < -0.3 is 14.1 Å². The summed E-state index contributed by atoms with van der Waals surface area (Å²) in [6, 6.07) is 4.41. The van der Waals surface area contributed by atoms with Gasteiger partial charge in [-0.05, 0) is 36.6 Å². The lowest BCUT2D eigenvalue weighted by molar-refractivity contribution is -0.895. The highest BCUT2D eigenvalue weighted by molar-refractivity contribution is 7.92. The van der Waals surface area contributed by atoms with Crippen molar-refractivity contribution in [3.8, 4) is 5.75 Å². The number of hydrogen-bond donors (Lipinski definition) is 1. The number of sulfonamides is 1. The van der Waals surface area contributed by atoms with Gasteiger partial charge in [-0.3, -0.25) is 14.6 Å². The van der Waals surface area contributed by atoms with Crippen LogP contribution < -0.4 is 14.4 Å². The van der Waals surface area contributed by atoms with Gasteiger partial charge in [-0.1, -0.05) is 13.8 Å². The molecule has 1 N–H and O–H groups in total. The second-order valence-electron chi connectivity index (χ2n) is 12.5. The number of piperidine rings is 1. The summed E-state index contributed by atoms with van der Waals surface area (Å²) >= 11 is 0. The standard InChI is InChI=1S/C32H43F2N6O3S/c1-7-15-44(41,42)37-27-10-9-26(33)31(30(27)34)39-20-25(21-16-23(43-6)18-35-17-21)29-24(8-2)28(19-36-32(29)39)38(3)22-11-13-40(4,5)14-12-22/h9-10,16-20,22,24,29,37H,7-8,11-15H2,1-6H3/q+1. The average molecular weight is 630 g/mol. The van der Waals surface area contributed by atoms with E-state index in [1.54, 1.807) is 32.6 Å². The number of hydrogen-bond acceptors (Lipinski definition) is 7. The molecule has 2 atom stereocenters. The third-order valence-electron chi connectivity index (χ3n) is 9.10. The van der Waals surface area contributed by atoms with Gasteiger partial charge in [0.1, 0.15) is 23.1 Å². The summed E-state index contributed by atoms with van der Waals surface area (Å²) in [5.74, 6) is -1.34. The first-order chi connectivity index (χ1) is 20.9. The summed E-state index contributed by atoms with van der Waals surface area (Å²) in [5, 5.41) is 0. The molecule has 1 saturated heterocycles. The predicted octanol–water partition coefficient (Wildman–Crippen LogP) is 5.45. The molecular formula is C32H43F2N6O3S+. The van der Waals surface area contributed by atoms with Crippen molar-refractivity contribution in [1.29, 1.82) is 0 Å². The summed E-state index contributed by atoms with van der Waals surface area (Å²) in [5.41, 5.74) is 1.95. The van der Waals surface area contributed by atoms with E-state index in [2.05, 4.69) is 42.7 Å². The molecule has 1 aromatic heterocycles. The number of benzene rings is 1. The lowest BCUT2D eigenvalue weighted by atomic mass is 9.78. The number of fused-ring (bicyclic) bond motifs is 1. The molecule has 9 nitrogen and oxygen atoms in total. The Balaban J connectivity index is 1.61. The number of nitrogens with one attached hydrogen (secondary N) is 1. The van der Waals surface area contributed by atoms with Gasteiger partial charge in [0.2, 0.25) is 10.0 Å². The van der Waals surface area contributed by atoms with Crippen LogP contribution in [0.4, 0.5) is 20.2 Å². The number of ether oxygens (including phenoxy) is 1. The number of likely N-dealkylation sites (tertiary alicyclic amines) is 1. The van der Waals surface area contributed by atoms with Gasteiger partial charge in [0.25, 0.3) is 0 Å². The van der Waals surface area contributed by atoms with Crippen molar-refractivity contribution in [2.45, 2.75) is 45.6 Å². The van der Waals surface area contributed by atoms with Crippen molar-refractivity contribution in [2.24, 2.45) is 16.8 Å². The van der Waals surface area contributed by atoms with Crippen LogP contribution >= 0.6 is 0 Å². The van der Waals surface area contributed by atoms with Crippen molar-refractivity contribution >= 4 is 32.8 Å². The normalized spacial score (nSPS) is 21.7. The summed E-state index contributed by atoms with van der Waals surface area (Å²) in [7, 11) is 4.40. The van der Waals surface area contributed by atoms with E-state index in [4.69, 9.17) is 9.73 Å². The molecule has 2 aromatic rings. The number of aromatic nitrogens is 1. The molecule has 0 spiro atoms. The number of anilines is 2. The van der Waals surface area contributed by atoms with Crippen LogP contribution in [0.2, 0.25) is 0 Å². The molecule has 5 rings (SSSR count). The van der Waals surface area contributed by atoms with Crippen LogP contribution in [0, 0.1) is 23.5 Å². The molecule has 3 aliphatic heterocycles. The SMILES string of the molecule is CCCS(=O)(=O)Nc1ccc(F)c(N2C=C(c3cncc(OC)c3)C3C2=NC=C(N(C)C2CC[N+](C)(C)CC2)C3CC)c1F. The second kappa shape index (κ2) is 12.5. The van der Waals surface area contributed by atoms with Gasteiger partial charge >= 0.3 is 0 Å². The van der Waals surface area contributed by atoms with Crippen LogP contribution in [-0.2, 0) is 10.0 Å². The van der Waals surface area contributed by atoms with Crippen molar-refractivity contribution in [3.63, 3.8) is 0 Å². The molecule has 238 valence electrons. The zero-order valence-corrected chi connectivity index (χ0v) is 27.2. The molecule has 4 heterocycles. The first-order valence-electron chi connectivity index (χ1n) is 15.2. The topological polar surface area (TPSA) is 87.1 Å². The molecule has 12 heteroatoms. The summed E-state index contributed by atoms with van der Waals surface area (Å²) in [4.78, 5) is 13.0. The first kappa shape index (κ1) is 31.9. The Labute approximate surface area is 259 Å². The van der Waals surface area contributed by atoms with E-state index < -0.39 is 21.7 Å². The van der Waals surface area contributed by atoms with E-state index in [0.717, 1.165) is 65.8 Å². The lowest BCUT2D eigenvalue weighted by Crippen LogP contribution is -2.51. The maximum absolute atomic E-state index is 16.1. The van der Waals surface area contributed by atoms with E-state index in [9.17, 15) is 8.42 Å². The van der Waals surface area contributed by atoms with Gasteiger partial charge in [-0.2, -0.15) is 0 Å². The maximum Gasteiger partial charge on any atom is 0.232 e. The van der Waals surface area contributed by atoms with Gasteiger partial charge in [-0.25, -0.2) is 22.2 Å². The van der Waals surface area contributed by atoms with Crippen molar-refractivity contribution in [1.82, 2.24) is 9.88 Å². The number of amidine groups is 1. The maximum atomic E-state index is 16.1. The van der Waals surface area contributed by atoms with Crippen LogP contribution in [0.5, 0.6) is 5.75 Å². The van der Waals surface area contributed by atoms with Crippen LogP contribution in [0.1, 0.15) is 45.1 Å². The van der Waals surface area contributed by atoms with Crippen LogP contribution in [0.25, 0.3) is 5.57 Å². The summed E-state index contributed by atoms with van der Waals surface area (Å²) in [6.07, 6.45) is 10.1. The zero-order chi connectivity index (χ0) is 31.8. The number of nitrogens with zero attached hydrogens (tertiary/aromatic N) is 5. The van der Waals surface area contributed by atoms with Gasteiger partial charge in [0, 0.05) is 61.7 Å². The molecule has 3 aliphatic rings. The minimum atomic E-state index is -3.81. The third kappa shape index (κ3) is 6.19. The number of halogens is 2. The van der Waals surface area contributed by atoms with Crippen LogP contribution in [0.15, 0.2) is 53.7 Å². The fraction of sp³-hybridized carbons (Fsp3) is 0.500. The smallest absolute Gasteiger partial charge is 0.232 e. The Bertz CT molecular complexity index is 1600. The number of allylic oxidation sites excluding steroid dienone is 1. The van der Waals surface area contributed by atoms with Crippen molar-refractivity contribution in [3.05, 3.63) is 65.9 Å². The third-order valence-corrected chi connectivity index (χ3v) is 10.6. The number of quaternary nitrogens is 1. The van der Waals surface area contributed by atoms with Crippen LogP contribution in [-0.4, -0.2) is 81.8 Å². The van der Waals surface area contributed by atoms with Crippen molar-refractivity contribution < 1.29 is 26.4 Å². The summed E-state index contributed by atoms with van der Waals surface area (Å²) < 4.78 is 65.4. The largest absolute Gasteiger partial charge is 0.495 e. The molecule has 0 bridgehead atoms. The highest BCUT2D eigenvalue weighted by atomic mass is 32.2. The van der Waals surface area contributed by atoms with Gasteiger partial charge in [0.15, 0.2) is 5.82 Å². The molecule has 0 aliphatic carbocycles. The van der Waals surface area contributed by atoms with E-state index in [-0.39, 0.29) is 29.0 Å².